The van der Waals surface area contributed by atoms with Crippen LogP contribution in [0.5, 0.6) is 0 Å². The molecule has 6 heteroatoms. The summed E-state index contributed by atoms with van der Waals surface area (Å²) in [5.41, 5.74) is 8.05. The molecule has 2 aliphatic rings. The van der Waals surface area contributed by atoms with E-state index in [9.17, 15) is 0 Å². The van der Waals surface area contributed by atoms with Crippen molar-refractivity contribution in [1.29, 1.82) is 0 Å². The summed E-state index contributed by atoms with van der Waals surface area (Å²) in [4.78, 5) is 2.64. The van der Waals surface area contributed by atoms with Crippen molar-refractivity contribution in [3.8, 4) is 0 Å². The fourth-order valence-corrected chi connectivity index (χ4v) is 2.45. The van der Waals surface area contributed by atoms with Crippen molar-refractivity contribution in [3.05, 3.63) is 22.6 Å². The summed E-state index contributed by atoms with van der Waals surface area (Å²) in [5.74, 6) is 2.39. The maximum atomic E-state index is 8.05. The number of azide groups is 1. The van der Waals surface area contributed by atoms with Gasteiger partial charge in [-0.2, -0.15) is 0 Å². The topological polar surface area (TPSA) is 76.5 Å². The fraction of sp³-hybridized carbons (Fsp3) is 0.846. The molecule has 6 nitrogen and oxygen atoms in total. The van der Waals surface area contributed by atoms with Gasteiger partial charge < -0.3 is 14.2 Å². The molecular weight excluding hydrogens is 246 g/mol. The molecule has 0 aromatic carbocycles. The van der Waals surface area contributed by atoms with E-state index in [1.54, 1.807) is 0 Å². The smallest absolute Gasteiger partial charge is 0.0701 e. The SMILES string of the molecule is [N-]=[N+]=NCCOCCOCCOCC1CC2C=C[C@H]21. The first-order valence-corrected chi connectivity index (χ1v) is 6.84. The summed E-state index contributed by atoms with van der Waals surface area (Å²) in [5, 5.41) is 3.37. The largest absolute Gasteiger partial charge is 0.379 e. The minimum Gasteiger partial charge on any atom is -0.379 e. The zero-order chi connectivity index (χ0) is 13.3. The molecular formula is C13H21N3O3. The molecule has 3 atom stereocenters. The number of hydrogen-bond donors (Lipinski definition) is 0. The van der Waals surface area contributed by atoms with Crippen LogP contribution in [0.15, 0.2) is 17.3 Å². The van der Waals surface area contributed by atoms with Gasteiger partial charge in [-0.15, -0.1) is 0 Å². The molecule has 0 radical (unpaired) electrons. The standard InChI is InChI=1S/C13H21N3O3/c14-16-15-3-4-17-5-6-18-7-8-19-10-12-9-11-1-2-13(11)12/h1-2,11-13H,3-10H2/t11?,12?,13-/m1/s1. The fourth-order valence-electron chi connectivity index (χ4n) is 2.45. The first kappa shape index (κ1) is 14.3. The van der Waals surface area contributed by atoms with Gasteiger partial charge in [0.25, 0.3) is 0 Å². The third kappa shape index (κ3) is 4.51. The zero-order valence-electron chi connectivity index (χ0n) is 11.1. The highest BCUT2D eigenvalue weighted by molar-refractivity contribution is 5.17. The van der Waals surface area contributed by atoms with E-state index in [1.807, 2.05) is 0 Å². The van der Waals surface area contributed by atoms with E-state index in [0.717, 1.165) is 24.4 Å². The lowest BCUT2D eigenvalue weighted by Crippen LogP contribution is -2.42. The molecule has 2 aliphatic carbocycles. The van der Waals surface area contributed by atoms with Gasteiger partial charge >= 0.3 is 0 Å². The number of fused-ring (bicyclic) bond motifs is 1. The average molecular weight is 267 g/mol. The Morgan fingerprint density at radius 2 is 1.79 bits per heavy atom. The molecule has 0 saturated heterocycles. The number of rotatable bonds is 11. The van der Waals surface area contributed by atoms with Crippen molar-refractivity contribution < 1.29 is 14.2 Å². The summed E-state index contributed by atoms with van der Waals surface area (Å²) < 4.78 is 16.2. The molecule has 19 heavy (non-hydrogen) atoms. The molecule has 0 aromatic rings. The molecule has 2 rings (SSSR count). The van der Waals surface area contributed by atoms with Crippen LogP contribution in [0.1, 0.15) is 6.42 Å². The number of hydrogen-bond acceptors (Lipinski definition) is 4. The van der Waals surface area contributed by atoms with Crippen LogP contribution >= 0.6 is 0 Å². The van der Waals surface area contributed by atoms with Crippen molar-refractivity contribution in [3.63, 3.8) is 0 Å². The van der Waals surface area contributed by atoms with E-state index in [4.69, 9.17) is 19.7 Å². The predicted octanol–water partition coefficient (Wildman–Crippen LogP) is 2.17. The lowest BCUT2D eigenvalue weighted by atomic mass is 9.59. The lowest BCUT2D eigenvalue weighted by Gasteiger charge is -2.47. The molecule has 1 fully saturated rings. The van der Waals surface area contributed by atoms with Crippen LogP contribution in [0, 0.1) is 17.8 Å². The Labute approximate surface area is 113 Å². The molecule has 0 N–H and O–H groups in total. The molecule has 0 bridgehead atoms. The monoisotopic (exact) mass is 267 g/mol. The minimum atomic E-state index is 0.373. The van der Waals surface area contributed by atoms with E-state index in [2.05, 4.69) is 22.2 Å². The molecule has 1 saturated carbocycles. The van der Waals surface area contributed by atoms with E-state index < -0.39 is 0 Å². The molecule has 0 aliphatic heterocycles. The normalized spacial score (nSPS) is 27.1. The summed E-state index contributed by atoms with van der Waals surface area (Å²) in [6.07, 6.45) is 5.89. The van der Waals surface area contributed by atoms with Gasteiger partial charge in [-0.25, -0.2) is 0 Å². The van der Waals surface area contributed by atoms with Gasteiger partial charge in [0.2, 0.25) is 0 Å². The van der Waals surface area contributed by atoms with Crippen molar-refractivity contribution in [2.24, 2.45) is 22.9 Å². The summed E-state index contributed by atoms with van der Waals surface area (Å²) >= 11 is 0. The van der Waals surface area contributed by atoms with Gasteiger partial charge in [-0.1, -0.05) is 17.3 Å². The number of allylic oxidation sites excluding steroid dienone is 2. The van der Waals surface area contributed by atoms with Gasteiger partial charge in [-0.05, 0) is 29.7 Å². The minimum absolute atomic E-state index is 0.373. The van der Waals surface area contributed by atoms with E-state index in [1.165, 1.54) is 6.42 Å². The lowest BCUT2D eigenvalue weighted by molar-refractivity contribution is -0.0201. The zero-order valence-corrected chi connectivity index (χ0v) is 11.1. The second kappa shape index (κ2) is 8.17. The van der Waals surface area contributed by atoms with Crippen molar-refractivity contribution in [2.45, 2.75) is 6.42 Å². The third-order valence-corrected chi connectivity index (χ3v) is 3.67. The predicted molar refractivity (Wildman–Crippen MR) is 70.7 cm³/mol. The molecule has 0 aromatic heterocycles. The van der Waals surface area contributed by atoms with Gasteiger partial charge in [0.1, 0.15) is 0 Å². The van der Waals surface area contributed by atoms with Crippen LogP contribution in [0.2, 0.25) is 0 Å². The Morgan fingerprint density at radius 3 is 2.37 bits per heavy atom. The highest BCUT2D eigenvalue weighted by Crippen LogP contribution is 2.48. The second-order valence-electron chi connectivity index (χ2n) is 4.88. The third-order valence-electron chi connectivity index (χ3n) is 3.67. The first-order valence-electron chi connectivity index (χ1n) is 6.84. The number of ether oxygens (including phenoxy) is 3. The van der Waals surface area contributed by atoms with E-state index in [0.29, 0.717) is 39.6 Å². The van der Waals surface area contributed by atoms with Gasteiger partial charge in [-0.3, -0.25) is 0 Å². The Morgan fingerprint density at radius 1 is 1.05 bits per heavy atom. The Hall–Kier alpha value is -1.07. The van der Waals surface area contributed by atoms with Crippen LogP contribution in [-0.4, -0.2) is 46.2 Å². The van der Waals surface area contributed by atoms with Crippen LogP contribution in [0.3, 0.4) is 0 Å². The van der Waals surface area contributed by atoms with Crippen molar-refractivity contribution >= 4 is 0 Å². The molecule has 0 heterocycles. The average Bonchev–Trinajstić information content (AvgIpc) is 2.40. The van der Waals surface area contributed by atoms with Crippen LogP contribution in [-0.2, 0) is 14.2 Å². The highest BCUT2D eigenvalue weighted by Gasteiger charge is 2.42. The summed E-state index contributed by atoms with van der Waals surface area (Å²) in [6.45, 7) is 4.01. The molecule has 2 unspecified atom stereocenters. The Bertz CT molecular complexity index is 342. The number of nitrogens with zero attached hydrogens (tertiary/aromatic N) is 3. The van der Waals surface area contributed by atoms with E-state index in [-0.39, 0.29) is 0 Å². The van der Waals surface area contributed by atoms with E-state index >= 15 is 0 Å². The first-order chi connectivity index (χ1) is 9.42. The van der Waals surface area contributed by atoms with Crippen LogP contribution in [0.25, 0.3) is 10.4 Å². The molecule has 0 spiro atoms. The maximum Gasteiger partial charge on any atom is 0.0701 e. The highest BCUT2D eigenvalue weighted by atomic mass is 16.5. The molecule has 106 valence electrons. The van der Waals surface area contributed by atoms with Gasteiger partial charge in [0.15, 0.2) is 0 Å². The summed E-state index contributed by atoms with van der Waals surface area (Å²) in [7, 11) is 0. The summed E-state index contributed by atoms with van der Waals surface area (Å²) in [6, 6.07) is 0. The van der Waals surface area contributed by atoms with Gasteiger partial charge in [0, 0.05) is 11.5 Å². The quantitative estimate of drug-likeness (QED) is 0.189. The Balaban J connectivity index is 1.29. The second-order valence-corrected chi connectivity index (χ2v) is 4.88. The molecule has 0 amide bonds. The van der Waals surface area contributed by atoms with Gasteiger partial charge in [0.05, 0.1) is 39.6 Å². The van der Waals surface area contributed by atoms with Crippen LogP contribution in [0.4, 0.5) is 0 Å². The maximum absolute atomic E-state index is 8.05. The Kier molecular flexibility index (Phi) is 6.17. The van der Waals surface area contributed by atoms with Crippen molar-refractivity contribution in [2.75, 3.05) is 46.2 Å². The van der Waals surface area contributed by atoms with Crippen LogP contribution < -0.4 is 0 Å². The van der Waals surface area contributed by atoms with Crippen molar-refractivity contribution in [1.82, 2.24) is 0 Å².